The minimum Gasteiger partial charge on any atom is -0.365 e. The lowest BCUT2D eigenvalue weighted by Gasteiger charge is -2.31. The summed E-state index contributed by atoms with van der Waals surface area (Å²) in [5, 5.41) is 4.75. The molecule has 1 aliphatic heterocycles. The zero-order chi connectivity index (χ0) is 20.7. The molecule has 0 bridgehead atoms. The number of nitrogens with two attached hydrogens (primary N) is 1. The molecule has 156 valence electrons. The molecule has 2 aliphatic rings. The predicted molar refractivity (Wildman–Crippen MR) is 122 cm³/mol. The van der Waals surface area contributed by atoms with Crippen molar-refractivity contribution < 1.29 is 9.59 Å². The number of amides is 2. The summed E-state index contributed by atoms with van der Waals surface area (Å²) in [7, 11) is 0. The van der Waals surface area contributed by atoms with E-state index in [1.807, 2.05) is 12.1 Å². The molecule has 1 aromatic carbocycles. The van der Waals surface area contributed by atoms with E-state index in [1.54, 1.807) is 11.3 Å². The summed E-state index contributed by atoms with van der Waals surface area (Å²) in [6.07, 6.45) is 5.04. The zero-order valence-corrected chi connectivity index (χ0v) is 18.3. The van der Waals surface area contributed by atoms with Crippen molar-refractivity contribution in [2.45, 2.75) is 38.0 Å². The maximum Gasteiger partial charge on any atom is 0.251 e. The first-order valence-corrected chi connectivity index (χ1v) is 12.0. The number of carbonyl (C=O) groups excluding carboxylic acids is 2. The molecule has 0 saturated carbocycles. The highest BCUT2D eigenvalue weighted by molar-refractivity contribution is 7.18. The fraction of sp³-hybridized carbons (Fsp3) is 0.409. The van der Waals surface area contributed by atoms with Gasteiger partial charge in [0.2, 0.25) is 5.91 Å². The SMILES string of the molecule is NC(=O)c1c(NC(=O)CN2CCCC(c3nc4ccccc4s3)C2)sc2c1CCC2. The van der Waals surface area contributed by atoms with Gasteiger partial charge in [0.15, 0.2) is 0 Å². The molecule has 2 amide bonds. The number of para-hydroxylation sites is 1. The van der Waals surface area contributed by atoms with Gasteiger partial charge in [-0.15, -0.1) is 22.7 Å². The number of nitrogens with one attached hydrogen (secondary N) is 1. The van der Waals surface area contributed by atoms with Gasteiger partial charge in [-0.05, 0) is 56.3 Å². The Morgan fingerprint density at radius 1 is 1.20 bits per heavy atom. The first-order chi connectivity index (χ1) is 14.6. The number of rotatable bonds is 5. The molecule has 1 unspecified atom stereocenters. The molecule has 6 nitrogen and oxygen atoms in total. The number of carbonyl (C=O) groups is 2. The van der Waals surface area contributed by atoms with Crippen molar-refractivity contribution in [3.05, 3.63) is 45.3 Å². The first-order valence-electron chi connectivity index (χ1n) is 10.4. The average Bonchev–Trinajstić information content (AvgIpc) is 3.41. The third-order valence-electron chi connectivity index (χ3n) is 5.95. The smallest absolute Gasteiger partial charge is 0.251 e. The van der Waals surface area contributed by atoms with Crippen LogP contribution < -0.4 is 11.1 Å². The summed E-state index contributed by atoms with van der Waals surface area (Å²) >= 11 is 3.27. The van der Waals surface area contributed by atoms with Gasteiger partial charge in [0, 0.05) is 17.3 Å². The summed E-state index contributed by atoms with van der Waals surface area (Å²) in [4.78, 5) is 32.9. The third-order valence-corrected chi connectivity index (χ3v) is 8.36. The van der Waals surface area contributed by atoms with E-state index in [9.17, 15) is 9.59 Å². The molecule has 0 radical (unpaired) electrons. The van der Waals surface area contributed by atoms with Crippen LogP contribution in [0.25, 0.3) is 10.2 Å². The number of thiophene rings is 1. The summed E-state index contributed by atoms with van der Waals surface area (Å²) in [6, 6.07) is 8.23. The van der Waals surface area contributed by atoms with Gasteiger partial charge in [0.05, 0.1) is 27.3 Å². The van der Waals surface area contributed by atoms with E-state index >= 15 is 0 Å². The van der Waals surface area contributed by atoms with Crippen LogP contribution in [0.5, 0.6) is 0 Å². The van der Waals surface area contributed by atoms with Crippen molar-refractivity contribution in [1.82, 2.24) is 9.88 Å². The number of likely N-dealkylation sites (tertiary alicyclic amines) is 1. The number of anilines is 1. The standard InChI is InChI=1S/C22H24N4O2S2/c23-20(28)19-14-6-3-9-16(14)29-22(19)25-18(27)12-26-10-4-5-13(11-26)21-24-15-7-1-2-8-17(15)30-21/h1-2,7-8,13H,3-6,9-12H2,(H2,23,28)(H,25,27). The third kappa shape index (κ3) is 3.75. The summed E-state index contributed by atoms with van der Waals surface area (Å²) < 4.78 is 1.21. The number of nitrogens with zero attached hydrogens (tertiary/aromatic N) is 2. The number of aromatic nitrogens is 1. The molecule has 30 heavy (non-hydrogen) atoms. The molecule has 5 rings (SSSR count). The Kier molecular flexibility index (Phi) is 5.30. The lowest BCUT2D eigenvalue weighted by molar-refractivity contribution is -0.117. The van der Waals surface area contributed by atoms with Gasteiger partial charge >= 0.3 is 0 Å². The molecule has 3 aromatic rings. The predicted octanol–water partition coefficient (Wildman–Crippen LogP) is 3.76. The normalized spacial score (nSPS) is 19.1. The van der Waals surface area contributed by atoms with E-state index < -0.39 is 5.91 Å². The lowest BCUT2D eigenvalue weighted by Crippen LogP contribution is -2.39. The van der Waals surface area contributed by atoms with Crippen LogP contribution in [0.4, 0.5) is 5.00 Å². The fourth-order valence-electron chi connectivity index (χ4n) is 4.59. The Hall–Kier alpha value is -2.29. The molecule has 1 aliphatic carbocycles. The maximum atomic E-state index is 12.8. The summed E-state index contributed by atoms with van der Waals surface area (Å²) in [5.41, 5.74) is 8.22. The Labute approximate surface area is 183 Å². The van der Waals surface area contributed by atoms with E-state index in [0.717, 1.165) is 61.3 Å². The van der Waals surface area contributed by atoms with Crippen LogP contribution in [-0.2, 0) is 17.6 Å². The molecule has 2 aromatic heterocycles. The van der Waals surface area contributed by atoms with Crippen LogP contribution in [0.2, 0.25) is 0 Å². The van der Waals surface area contributed by atoms with Gasteiger partial charge in [-0.2, -0.15) is 0 Å². The highest BCUT2D eigenvalue weighted by Gasteiger charge is 2.28. The zero-order valence-electron chi connectivity index (χ0n) is 16.6. The second-order valence-electron chi connectivity index (χ2n) is 8.07. The minimum absolute atomic E-state index is 0.0811. The lowest BCUT2D eigenvalue weighted by atomic mass is 9.99. The molecule has 1 fully saturated rings. The Balaban J connectivity index is 1.26. The number of hydrogen-bond acceptors (Lipinski definition) is 6. The monoisotopic (exact) mass is 440 g/mol. The van der Waals surface area contributed by atoms with Gasteiger partial charge in [-0.3, -0.25) is 14.5 Å². The van der Waals surface area contributed by atoms with E-state index in [4.69, 9.17) is 10.7 Å². The number of aryl methyl sites for hydroxylation is 1. The maximum absolute atomic E-state index is 12.8. The van der Waals surface area contributed by atoms with Crippen LogP contribution in [-0.4, -0.2) is 41.3 Å². The Bertz CT molecular complexity index is 1090. The number of thiazole rings is 1. The van der Waals surface area contributed by atoms with Crippen molar-refractivity contribution in [3.63, 3.8) is 0 Å². The molecular weight excluding hydrogens is 416 g/mol. The van der Waals surface area contributed by atoms with Gasteiger partial charge in [-0.1, -0.05) is 12.1 Å². The highest BCUT2D eigenvalue weighted by Crippen LogP contribution is 2.39. The van der Waals surface area contributed by atoms with Crippen LogP contribution in [0.15, 0.2) is 24.3 Å². The number of hydrogen-bond donors (Lipinski definition) is 2. The van der Waals surface area contributed by atoms with Crippen molar-refractivity contribution in [2.75, 3.05) is 25.0 Å². The number of fused-ring (bicyclic) bond motifs is 2. The van der Waals surface area contributed by atoms with Crippen LogP contribution in [0.1, 0.15) is 51.0 Å². The second kappa shape index (κ2) is 8.09. The van der Waals surface area contributed by atoms with E-state index in [0.29, 0.717) is 23.0 Å². The van der Waals surface area contributed by atoms with Gasteiger partial charge < -0.3 is 11.1 Å². The Morgan fingerprint density at radius 3 is 2.90 bits per heavy atom. The first kappa shape index (κ1) is 19.7. The van der Waals surface area contributed by atoms with Crippen molar-refractivity contribution in [1.29, 1.82) is 0 Å². The highest BCUT2D eigenvalue weighted by atomic mass is 32.1. The number of piperidine rings is 1. The van der Waals surface area contributed by atoms with Gasteiger partial charge in [0.25, 0.3) is 5.91 Å². The van der Waals surface area contributed by atoms with Gasteiger partial charge in [-0.25, -0.2) is 4.98 Å². The number of benzene rings is 1. The molecule has 1 atom stereocenters. The van der Waals surface area contributed by atoms with Crippen molar-refractivity contribution >= 4 is 49.7 Å². The quantitative estimate of drug-likeness (QED) is 0.632. The van der Waals surface area contributed by atoms with Gasteiger partial charge in [0.1, 0.15) is 5.00 Å². The molecule has 8 heteroatoms. The van der Waals surface area contributed by atoms with Crippen LogP contribution >= 0.6 is 22.7 Å². The summed E-state index contributed by atoms with van der Waals surface area (Å²) in [6.45, 7) is 2.05. The largest absolute Gasteiger partial charge is 0.365 e. The van der Waals surface area contributed by atoms with E-state index in [-0.39, 0.29) is 5.91 Å². The molecule has 1 saturated heterocycles. The average molecular weight is 441 g/mol. The summed E-state index contributed by atoms with van der Waals surface area (Å²) in [5.74, 6) is -0.170. The van der Waals surface area contributed by atoms with Crippen LogP contribution in [0, 0.1) is 0 Å². The van der Waals surface area contributed by atoms with Crippen molar-refractivity contribution in [3.8, 4) is 0 Å². The second-order valence-corrected chi connectivity index (χ2v) is 10.2. The molecular formula is C22H24N4O2S2. The van der Waals surface area contributed by atoms with E-state index in [1.165, 1.54) is 20.9 Å². The molecule has 3 heterocycles. The molecule has 3 N–H and O–H groups in total. The van der Waals surface area contributed by atoms with Crippen LogP contribution in [0.3, 0.4) is 0 Å². The topological polar surface area (TPSA) is 88.3 Å². The van der Waals surface area contributed by atoms with E-state index in [2.05, 4.69) is 22.3 Å². The number of primary amides is 1. The molecule has 0 spiro atoms. The van der Waals surface area contributed by atoms with Crippen molar-refractivity contribution in [2.24, 2.45) is 5.73 Å². The Morgan fingerprint density at radius 2 is 2.07 bits per heavy atom. The fourth-order valence-corrected chi connectivity index (χ4v) is 6.99. The minimum atomic E-state index is -0.446.